The average Bonchev–Trinajstić information content (AvgIpc) is 3.09. The number of amides is 1. The van der Waals surface area contributed by atoms with Crippen molar-refractivity contribution in [2.24, 2.45) is 0 Å². The number of anilines is 1. The molecule has 0 radical (unpaired) electrons. The lowest BCUT2D eigenvalue weighted by molar-refractivity contribution is -0.153. The molecule has 1 N–H and O–H groups in total. The fourth-order valence-corrected chi connectivity index (χ4v) is 3.80. The first-order valence-electron chi connectivity index (χ1n) is 8.89. The molecule has 1 aliphatic rings. The Balaban J connectivity index is 1.73. The van der Waals surface area contributed by atoms with Crippen molar-refractivity contribution < 1.29 is 27.1 Å². The summed E-state index contributed by atoms with van der Waals surface area (Å²) in [5.41, 5.74) is 0.0198. The third-order valence-electron chi connectivity index (χ3n) is 4.26. The first-order valence-corrected chi connectivity index (χ1v) is 9.70. The van der Waals surface area contributed by atoms with Gasteiger partial charge in [-0.25, -0.2) is 9.37 Å². The lowest BCUT2D eigenvalue weighted by Gasteiger charge is -2.14. The summed E-state index contributed by atoms with van der Waals surface area (Å²) >= 11 is 1.07. The fraction of sp³-hybridized carbons (Fsp3) is 0.150. The molecule has 4 rings (SSSR count). The van der Waals surface area contributed by atoms with Crippen LogP contribution in [0, 0.1) is 5.82 Å². The van der Waals surface area contributed by atoms with Crippen molar-refractivity contribution in [3.05, 3.63) is 70.3 Å². The Morgan fingerprint density at radius 1 is 1.06 bits per heavy atom. The summed E-state index contributed by atoms with van der Waals surface area (Å²) < 4.78 is 56.2. The number of alkyl halides is 3. The Morgan fingerprint density at radius 2 is 1.74 bits per heavy atom. The van der Waals surface area contributed by atoms with E-state index in [1.54, 1.807) is 0 Å². The maximum Gasteiger partial charge on any atom is 0.422 e. The Hall–Kier alpha value is -3.34. The molecule has 1 aromatic heterocycles. The average molecular weight is 451 g/mol. The van der Waals surface area contributed by atoms with Gasteiger partial charge in [0.15, 0.2) is 11.8 Å². The molecule has 3 aromatic rings. The molecule has 11 heteroatoms. The molecule has 0 saturated heterocycles. The largest absolute Gasteiger partial charge is 0.484 e. The Bertz CT molecular complexity index is 1190. The van der Waals surface area contributed by atoms with Crippen LogP contribution in [0.2, 0.25) is 0 Å². The minimum atomic E-state index is -4.47. The molecule has 0 fully saturated rings. The predicted molar refractivity (Wildman–Crippen MR) is 104 cm³/mol. The van der Waals surface area contributed by atoms with Gasteiger partial charge < -0.3 is 10.1 Å². The second kappa shape index (κ2) is 8.06. The van der Waals surface area contributed by atoms with Crippen LogP contribution >= 0.6 is 11.8 Å². The number of ether oxygens (including phenoxy) is 1. The second-order valence-corrected chi connectivity index (χ2v) is 7.58. The molecule has 0 bridgehead atoms. The van der Waals surface area contributed by atoms with Gasteiger partial charge in [0.05, 0.1) is 17.7 Å². The van der Waals surface area contributed by atoms with Crippen LogP contribution in [0.4, 0.5) is 23.4 Å². The summed E-state index contributed by atoms with van der Waals surface area (Å²) in [4.78, 5) is 29.8. The third-order valence-corrected chi connectivity index (χ3v) is 5.23. The fourth-order valence-electron chi connectivity index (χ4n) is 2.90. The summed E-state index contributed by atoms with van der Waals surface area (Å²) in [7, 11) is 0. The Labute approximate surface area is 176 Å². The van der Waals surface area contributed by atoms with Crippen molar-refractivity contribution in [1.82, 2.24) is 9.55 Å². The van der Waals surface area contributed by atoms with E-state index in [4.69, 9.17) is 4.74 Å². The molecule has 2 aromatic carbocycles. The van der Waals surface area contributed by atoms with Gasteiger partial charge in [0, 0.05) is 4.90 Å². The third kappa shape index (κ3) is 4.71. The van der Waals surface area contributed by atoms with Crippen LogP contribution < -0.4 is 15.6 Å². The highest BCUT2D eigenvalue weighted by atomic mass is 32.2. The molecule has 0 spiro atoms. The lowest BCUT2D eigenvalue weighted by Crippen LogP contribution is -2.24. The van der Waals surface area contributed by atoms with E-state index in [0.29, 0.717) is 10.6 Å². The summed E-state index contributed by atoms with van der Waals surface area (Å²) in [5.74, 6) is -0.662. The van der Waals surface area contributed by atoms with Gasteiger partial charge in [0.25, 0.3) is 5.56 Å². The topological polar surface area (TPSA) is 73.2 Å². The number of halogens is 4. The van der Waals surface area contributed by atoms with Gasteiger partial charge in [-0.05, 0) is 48.5 Å². The second-order valence-electron chi connectivity index (χ2n) is 6.54. The van der Waals surface area contributed by atoms with Gasteiger partial charge in [-0.15, -0.1) is 0 Å². The summed E-state index contributed by atoms with van der Waals surface area (Å²) in [6, 6.07) is 11.0. The van der Waals surface area contributed by atoms with Crippen molar-refractivity contribution in [2.45, 2.75) is 22.6 Å². The van der Waals surface area contributed by atoms with E-state index in [0.717, 1.165) is 11.8 Å². The smallest absolute Gasteiger partial charge is 0.422 e. The first kappa shape index (κ1) is 20.9. The van der Waals surface area contributed by atoms with Gasteiger partial charge in [-0.3, -0.25) is 14.2 Å². The van der Waals surface area contributed by atoms with Crippen LogP contribution in [0.3, 0.4) is 0 Å². The number of hydrogen-bond donors (Lipinski definition) is 1. The summed E-state index contributed by atoms with van der Waals surface area (Å²) in [6.07, 6.45) is -4.60. The maximum atomic E-state index is 13.2. The molecule has 160 valence electrons. The van der Waals surface area contributed by atoms with Crippen LogP contribution in [-0.4, -0.2) is 28.2 Å². The van der Waals surface area contributed by atoms with Crippen molar-refractivity contribution in [3.63, 3.8) is 0 Å². The Morgan fingerprint density at radius 3 is 2.39 bits per heavy atom. The molecule has 6 nitrogen and oxygen atoms in total. The van der Waals surface area contributed by atoms with E-state index in [1.807, 2.05) is 0 Å². The molecular weight excluding hydrogens is 438 g/mol. The molecule has 1 amide bonds. The highest BCUT2D eigenvalue weighted by Gasteiger charge is 2.29. The SMILES string of the molecule is O=C1Cc2c(nc(Sc3ccc(F)cc3)n(-c3ccc(OCC(F)(F)F)cc3)c2=O)N1. The van der Waals surface area contributed by atoms with E-state index in [9.17, 15) is 27.2 Å². The standard InChI is InChI=1S/C20H13F4N3O3S/c21-11-1-7-14(8-2-11)31-19-26-17-15(9-16(28)25-17)18(29)27(19)12-3-5-13(6-4-12)30-10-20(22,23)24/h1-8H,9-10H2,(H,25,28). The molecular formula is C20H13F4N3O3S. The lowest BCUT2D eigenvalue weighted by atomic mass is 10.2. The van der Waals surface area contributed by atoms with Gasteiger partial charge in [0.2, 0.25) is 5.91 Å². The number of carbonyl (C=O) groups excluding carboxylic acids is 1. The number of rotatable bonds is 5. The van der Waals surface area contributed by atoms with E-state index >= 15 is 0 Å². The van der Waals surface area contributed by atoms with Gasteiger partial charge in [-0.1, -0.05) is 11.8 Å². The van der Waals surface area contributed by atoms with Gasteiger partial charge in [-0.2, -0.15) is 13.2 Å². The molecule has 0 unspecified atom stereocenters. The van der Waals surface area contributed by atoms with Crippen LogP contribution in [0.15, 0.2) is 63.4 Å². The molecule has 31 heavy (non-hydrogen) atoms. The van der Waals surface area contributed by atoms with E-state index in [1.165, 1.54) is 53.1 Å². The van der Waals surface area contributed by atoms with E-state index in [-0.39, 0.29) is 34.6 Å². The number of hydrogen-bond acceptors (Lipinski definition) is 5. The number of aromatic nitrogens is 2. The highest BCUT2D eigenvalue weighted by Crippen LogP contribution is 2.31. The molecule has 0 atom stereocenters. The Kier molecular flexibility index (Phi) is 5.44. The minimum Gasteiger partial charge on any atom is -0.484 e. The number of nitrogens with zero attached hydrogens (tertiary/aromatic N) is 2. The normalized spacial score (nSPS) is 13.1. The number of fused-ring (bicyclic) bond motifs is 1. The maximum absolute atomic E-state index is 13.2. The van der Waals surface area contributed by atoms with Crippen LogP contribution in [0.25, 0.3) is 5.69 Å². The van der Waals surface area contributed by atoms with Crippen LogP contribution in [0.1, 0.15) is 5.56 Å². The molecule has 0 saturated carbocycles. The monoisotopic (exact) mass is 451 g/mol. The number of carbonyl (C=O) groups is 1. The zero-order chi connectivity index (χ0) is 22.2. The van der Waals surface area contributed by atoms with Crippen molar-refractivity contribution in [3.8, 4) is 11.4 Å². The highest BCUT2D eigenvalue weighted by molar-refractivity contribution is 7.99. The van der Waals surface area contributed by atoms with E-state index in [2.05, 4.69) is 10.3 Å². The van der Waals surface area contributed by atoms with Crippen molar-refractivity contribution in [1.29, 1.82) is 0 Å². The molecule has 1 aliphatic heterocycles. The van der Waals surface area contributed by atoms with Crippen molar-refractivity contribution in [2.75, 3.05) is 11.9 Å². The zero-order valence-corrected chi connectivity index (χ0v) is 16.4. The molecule has 2 heterocycles. The number of nitrogens with one attached hydrogen (secondary N) is 1. The predicted octanol–water partition coefficient (Wildman–Crippen LogP) is 3.96. The van der Waals surface area contributed by atoms with Gasteiger partial charge in [0.1, 0.15) is 17.4 Å². The molecule has 0 aliphatic carbocycles. The van der Waals surface area contributed by atoms with E-state index < -0.39 is 24.2 Å². The number of benzene rings is 2. The summed E-state index contributed by atoms with van der Waals surface area (Å²) in [5, 5.41) is 2.72. The van der Waals surface area contributed by atoms with Crippen LogP contribution in [0.5, 0.6) is 5.75 Å². The summed E-state index contributed by atoms with van der Waals surface area (Å²) in [6.45, 7) is -1.44. The quantitative estimate of drug-likeness (QED) is 0.470. The minimum absolute atomic E-state index is 0.0205. The van der Waals surface area contributed by atoms with Gasteiger partial charge >= 0.3 is 6.18 Å². The zero-order valence-electron chi connectivity index (χ0n) is 15.6. The first-order chi connectivity index (χ1) is 14.7. The van der Waals surface area contributed by atoms with Crippen LogP contribution in [-0.2, 0) is 11.2 Å². The van der Waals surface area contributed by atoms with Crippen molar-refractivity contribution >= 4 is 23.5 Å².